The zero-order valence-corrected chi connectivity index (χ0v) is 14.6. The largest absolute Gasteiger partial charge is 0.490 e. The highest BCUT2D eigenvalue weighted by atomic mass is 79.9. The number of ether oxygens (including phenoxy) is 2. The molecular formula is C14H16Br2N2O2. The van der Waals surface area contributed by atoms with Gasteiger partial charge in [0.15, 0.2) is 11.5 Å². The van der Waals surface area contributed by atoms with Gasteiger partial charge in [-0.15, -0.1) is 0 Å². The minimum absolute atomic E-state index is 0.459. The molecule has 2 aromatic rings. The van der Waals surface area contributed by atoms with Crippen LogP contribution in [0.4, 0.5) is 0 Å². The second kappa shape index (κ2) is 7.13. The third kappa shape index (κ3) is 3.76. The van der Waals surface area contributed by atoms with E-state index >= 15 is 0 Å². The van der Waals surface area contributed by atoms with Gasteiger partial charge < -0.3 is 9.47 Å². The van der Waals surface area contributed by atoms with Crippen LogP contribution in [0, 0.1) is 0 Å². The van der Waals surface area contributed by atoms with E-state index in [4.69, 9.17) is 9.47 Å². The number of hydrogen-bond donors (Lipinski definition) is 0. The van der Waals surface area contributed by atoms with Gasteiger partial charge in [-0.2, -0.15) is 5.10 Å². The van der Waals surface area contributed by atoms with Gasteiger partial charge in [-0.1, -0.05) is 15.9 Å². The average Bonchev–Trinajstić information content (AvgIpc) is 2.83. The van der Waals surface area contributed by atoms with E-state index in [9.17, 15) is 0 Å². The second-order valence-electron chi connectivity index (χ2n) is 4.28. The van der Waals surface area contributed by atoms with E-state index in [1.54, 1.807) is 10.9 Å². The predicted octanol–water partition coefficient (Wildman–Crippen LogP) is 4.06. The van der Waals surface area contributed by atoms with Crippen LogP contribution in [0.3, 0.4) is 0 Å². The summed E-state index contributed by atoms with van der Waals surface area (Å²) in [6, 6.07) is 4.01. The standard InChI is InChI=1S/C14H16Br2N2O2/c1-3-19-13-5-10(6-15)4-12(16)14(13)20-9-11-7-17-18(2)8-11/h4-5,7-8H,3,6,9H2,1-2H3. The van der Waals surface area contributed by atoms with Gasteiger partial charge in [0.05, 0.1) is 17.3 Å². The lowest BCUT2D eigenvalue weighted by Crippen LogP contribution is -2.01. The average molecular weight is 404 g/mol. The molecule has 0 aliphatic rings. The van der Waals surface area contributed by atoms with Gasteiger partial charge >= 0.3 is 0 Å². The van der Waals surface area contributed by atoms with Gasteiger partial charge in [-0.3, -0.25) is 4.68 Å². The molecule has 0 spiro atoms. The topological polar surface area (TPSA) is 36.3 Å². The fourth-order valence-corrected chi connectivity index (χ4v) is 2.73. The van der Waals surface area contributed by atoms with Crippen molar-refractivity contribution in [3.8, 4) is 11.5 Å². The van der Waals surface area contributed by atoms with Crippen LogP contribution in [-0.4, -0.2) is 16.4 Å². The molecule has 4 nitrogen and oxygen atoms in total. The summed E-state index contributed by atoms with van der Waals surface area (Å²) < 4.78 is 14.2. The lowest BCUT2D eigenvalue weighted by molar-refractivity contribution is 0.267. The van der Waals surface area contributed by atoms with Crippen molar-refractivity contribution >= 4 is 31.9 Å². The SMILES string of the molecule is CCOc1cc(CBr)cc(Br)c1OCc1cnn(C)c1. The van der Waals surface area contributed by atoms with Crippen molar-refractivity contribution in [1.29, 1.82) is 0 Å². The third-order valence-corrected chi connectivity index (χ3v) is 3.90. The Hall–Kier alpha value is -1.01. The van der Waals surface area contributed by atoms with Crippen molar-refractivity contribution in [2.24, 2.45) is 7.05 Å². The minimum Gasteiger partial charge on any atom is -0.490 e. The minimum atomic E-state index is 0.459. The highest BCUT2D eigenvalue weighted by Crippen LogP contribution is 2.37. The second-order valence-corrected chi connectivity index (χ2v) is 5.70. The van der Waals surface area contributed by atoms with Crippen molar-refractivity contribution in [2.75, 3.05) is 6.61 Å². The molecular weight excluding hydrogens is 388 g/mol. The van der Waals surface area contributed by atoms with Crippen LogP contribution in [0.25, 0.3) is 0 Å². The van der Waals surface area contributed by atoms with E-state index in [1.165, 1.54) is 0 Å². The first-order valence-corrected chi connectivity index (χ1v) is 8.17. The van der Waals surface area contributed by atoms with Crippen molar-refractivity contribution in [3.63, 3.8) is 0 Å². The van der Waals surface area contributed by atoms with E-state index in [0.29, 0.717) is 13.2 Å². The maximum absolute atomic E-state index is 5.88. The number of nitrogens with zero attached hydrogens (tertiary/aromatic N) is 2. The maximum Gasteiger partial charge on any atom is 0.175 e. The normalized spacial score (nSPS) is 10.6. The van der Waals surface area contributed by atoms with Gasteiger partial charge in [-0.25, -0.2) is 0 Å². The summed E-state index contributed by atoms with van der Waals surface area (Å²) >= 11 is 6.99. The summed E-state index contributed by atoms with van der Waals surface area (Å²) in [5.74, 6) is 1.47. The molecule has 0 N–H and O–H groups in total. The molecule has 0 atom stereocenters. The number of hydrogen-bond acceptors (Lipinski definition) is 3. The molecule has 0 saturated heterocycles. The fourth-order valence-electron chi connectivity index (χ4n) is 1.80. The summed E-state index contributed by atoms with van der Waals surface area (Å²) in [6.45, 7) is 3.02. The molecule has 1 aromatic carbocycles. The quantitative estimate of drug-likeness (QED) is 0.682. The van der Waals surface area contributed by atoms with Crippen molar-refractivity contribution in [3.05, 3.63) is 40.1 Å². The monoisotopic (exact) mass is 402 g/mol. The van der Waals surface area contributed by atoms with Gasteiger partial charge in [0.1, 0.15) is 6.61 Å². The molecule has 0 radical (unpaired) electrons. The van der Waals surface area contributed by atoms with Gasteiger partial charge in [0.2, 0.25) is 0 Å². The summed E-state index contributed by atoms with van der Waals surface area (Å²) in [6.07, 6.45) is 3.72. The number of halogens is 2. The van der Waals surface area contributed by atoms with E-state index in [-0.39, 0.29) is 0 Å². The molecule has 6 heteroatoms. The van der Waals surface area contributed by atoms with Crippen LogP contribution >= 0.6 is 31.9 Å². The number of aryl methyl sites for hydroxylation is 1. The molecule has 0 unspecified atom stereocenters. The highest BCUT2D eigenvalue weighted by molar-refractivity contribution is 9.10. The van der Waals surface area contributed by atoms with Gasteiger partial charge in [-0.05, 0) is 40.5 Å². The first-order valence-electron chi connectivity index (χ1n) is 6.25. The molecule has 2 rings (SSSR count). The Morgan fingerprint density at radius 2 is 2.05 bits per heavy atom. The molecule has 108 valence electrons. The van der Waals surface area contributed by atoms with Crippen molar-refractivity contribution in [2.45, 2.75) is 18.9 Å². The number of alkyl halides is 1. The molecule has 0 aliphatic carbocycles. The Morgan fingerprint density at radius 3 is 2.65 bits per heavy atom. The number of rotatable bonds is 6. The van der Waals surface area contributed by atoms with E-state index < -0.39 is 0 Å². The first-order chi connectivity index (χ1) is 9.63. The van der Waals surface area contributed by atoms with Crippen molar-refractivity contribution in [1.82, 2.24) is 9.78 Å². The predicted molar refractivity (Wildman–Crippen MR) is 85.5 cm³/mol. The highest BCUT2D eigenvalue weighted by Gasteiger charge is 2.12. The summed E-state index contributed by atoms with van der Waals surface area (Å²) in [5.41, 5.74) is 2.15. The number of aromatic nitrogens is 2. The lowest BCUT2D eigenvalue weighted by atomic mass is 10.2. The molecule has 1 aromatic heterocycles. The fraction of sp³-hybridized carbons (Fsp3) is 0.357. The zero-order chi connectivity index (χ0) is 14.5. The molecule has 0 bridgehead atoms. The van der Waals surface area contributed by atoms with E-state index in [1.807, 2.05) is 32.3 Å². The summed E-state index contributed by atoms with van der Waals surface area (Å²) in [5, 5.41) is 4.90. The van der Waals surface area contributed by atoms with Crippen LogP contribution in [0.5, 0.6) is 11.5 Å². The van der Waals surface area contributed by atoms with E-state index in [0.717, 1.165) is 32.4 Å². The van der Waals surface area contributed by atoms with Crippen LogP contribution in [0.1, 0.15) is 18.1 Å². The third-order valence-electron chi connectivity index (χ3n) is 2.66. The van der Waals surface area contributed by atoms with E-state index in [2.05, 4.69) is 37.0 Å². The molecule has 0 fully saturated rings. The lowest BCUT2D eigenvalue weighted by Gasteiger charge is -2.14. The molecule has 0 aliphatic heterocycles. The molecule has 1 heterocycles. The Morgan fingerprint density at radius 1 is 1.25 bits per heavy atom. The Labute approximate surface area is 135 Å². The van der Waals surface area contributed by atoms with Crippen molar-refractivity contribution < 1.29 is 9.47 Å². The zero-order valence-electron chi connectivity index (χ0n) is 11.4. The summed E-state index contributed by atoms with van der Waals surface area (Å²) in [4.78, 5) is 0. The Bertz CT molecular complexity index is 585. The van der Waals surface area contributed by atoms with Gasteiger partial charge in [0.25, 0.3) is 0 Å². The Kier molecular flexibility index (Phi) is 5.48. The van der Waals surface area contributed by atoms with Gasteiger partial charge in [0, 0.05) is 24.1 Å². The Balaban J connectivity index is 2.20. The maximum atomic E-state index is 5.88. The molecule has 0 amide bonds. The number of benzene rings is 1. The smallest absolute Gasteiger partial charge is 0.175 e. The first kappa shape index (κ1) is 15.4. The van der Waals surface area contributed by atoms with Crippen LogP contribution in [-0.2, 0) is 19.0 Å². The van der Waals surface area contributed by atoms with Crippen LogP contribution in [0.15, 0.2) is 29.0 Å². The molecule has 0 saturated carbocycles. The van der Waals surface area contributed by atoms with Crippen LogP contribution in [0.2, 0.25) is 0 Å². The molecule has 20 heavy (non-hydrogen) atoms. The van der Waals surface area contributed by atoms with Crippen LogP contribution < -0.4 is 9.47 Å². The summed E-state index contributed by atoms with van der Waals surface area (Å²) in [7, 11) is 1.88.